The quantitative estimate of drug-likeness (QED) is 0.455. The maximum Gasteiger partial charge on any atom is 0.359 e. The molecule has 0 aromatic carbocycles. The molecule has 3 N–H and O–H groups in total. The lowest BCUT2D eigenvalue weighted by Crippen LogP contribution is -1.98. The zero-order chi connectivity index (χ0) is 6.91. The molecule has 9 heavy (non-hydrogen) atoms. The second-order valence-corrected chi connectivity index (χ2v) is 3.10. The Morgan fingerprint density at radius 3 is 2.56 bits per heavy atom. The van der Waals surface area contributed by atoms with Crippen molar-refractivity contribution in [3.05, 3.63) is 12.4 Å². The van der Waals surface area contributed by atoms with Gasteiger partial charge in [-0.05, 0) is 0 Å². The molecule has 0 spiro atoms. The van der Waals surface area contributed by atoms with Crippen molar-refractivity contribution in [2.75, 3.05) is 0 Å². The third kappa shape index (κ3) is 1.38. The average molecular weight is 148 g/mol. The summed E-state index contributed by atoms with van der Waals surface area (Å²) in [4.78, 5) is 16.9. The lowest BCUT2D eigenvalue weighted by Gasteiger charge is -1.95. The minimum atomic E-state index is -4.06. The monoisotopic (exact) mass is 148 g/mol. The molecular weight excluding hydrogens is 143 g/mol. The molecule has 0 saturated carbocycles. The number of hydrogen-bond donors (Lipinski definition) is 3. The molecule has 0 aliphatic heterocycles. The third-order valence-electron chi connectivity index (χ3n) is 0.820. The second-order valence-electron chi connectivity index (χ2n) is 1.50. The fourth-order valence-corrected chi connectivity index (χ4v) is 0.837. The molecule has 1 heterocycles. The SMILES string of the molecule is O=P(O)(O)c1cn[nH]c1. The Morgan fingerprint density at radius 1 is 1.67 bits per heavy atom. The first-order chi connectivity index (χ1) is 4.11. The van der Waals surface area contributed by atoms with Crippen LogP contribution in [0.5, 0.6) is 0 Å². The van der Waals surface area contributed by atoms with Crippen molar-refractivity contribution in [2.45, 2.75) is 0 Å². The smallest absolute Gasteiger partial charge is 0.321 e. The zero-order valence-corrected chi connectivity index (χ0v) is 5.25. The van der Waals surface area contributed by atoms with Crippen LogP contribution in [0, 0.1) is 0 Å². The highest BCUT2D eigenvalue weighted by molar-refractivity contribution is 7.60. The van der Waals surface area contributed by atoms with Gasteiger partial charge >= 0.3 is 7.60 Å². The molecule has 1 rings (SSSR count). The van der Waals surface area contributed by atoms with E-state index >= 15 is 0 Å². The molecule has 0 unspecified atom stereocenters. The lowest BCUT2D eigenvalue weighted by atomic mass is 10.7. The van der Waals surface area contributed by atoms with Crippen LogP contribution in [0.1, 0.15) is 0 Å². The Kier molecular flexibility index (Phi) is 1.40. The zero-order valence-electron chi connectivity index (χ0n) is 4.35. The molecule has 1 aromatic heterocycles. The first-order valence-electron chi connectivity index (χ1n) is 2.15. The van der Waals surface area contributed by atoms with Gasteiger partial charge in [0, 0.05) is 6.20 Å². The number of H-pyrrole nitrogens is 1. The van der Waals surface area contributed by atoms with Gasteiger partial charge in [-0.1, -0.05) is 0 Å². The van der Waals surface area contributed by atoms with E-state index in [1.165, 1.54) is 6.20 Å². The van der Waals surface area contributed by atoms with E-state index in [4.69, 9.17) is 9.79 Å². The van der Waals surface area contributed by atoms with Crippen LogP contribution in [0.25, 0.3) is 0 Å². The molecule has 0 radical (unpaired) electrons. The highest BCUT2D eigenvalue weighted by atomic mass is 31.2. The molecule has 0 atom stereocenters. The number of hydrogen-bond acceptors (Lipinski definition) is 2. The third-order valence-corrected chi connectivity index (χ3v) is 1.74. The molecule has 0 aliphatic rings. The first-order valence-corrected chi connectivity index (χ1v) is 3.77. The van der Waals surface area contributed by atoms with Crippen LogP contribution in [-0.4, -0.2) is 20.0 Å². The molecule has 0 aliphatic carbocycles. The summed E-state index contributed by atoms with van der Waals surface area (Å²) < 4.78 is 10.3. The summed E-state index contributed by atoms with van der Waals surface area (Å²) in [5, 5.41) is 5.58. The Hall–Kier alpha value is -0.640. The summed E-state index contributed by atoms with van der Waals surface area (Å²) >= 11 is 0. The fraction of sp³-hybridized carbons (Fsp3) is 0. The van der Waals surface area contributed by atoms with Gasteiger partial charge < -0.3 is 9.79 Å². The maximum atomic E-state index is 10.3. The van der Waals surface area contributed by atoms with Crippen LogP contribution >= 0.6 is 7.60 Å². The highest BCUT2D eigenvalue weighted by Gasteiger charge is 2.16. The van der Waals surface area contributed by atoms with E-state index in [-0.39, 0.29) is 5.30 Å². The predicted molar refractivity (Wildman–Crippen MR) is 30.3 cm³/mol. The second kappa shape index (κ2) is 1.95. The Balaban J connectivity index is 3.04. The van der Waals surface area contributed by atoms with Crippen molar-refractivity contribution < 1.29 is 14.4 Å². The molecule has 6 heteroatoms. The molecule has 0 bridgehead atoms. The van der Waals surface area contributed by atoms with Gasteiger partial charge in [-0.25, -0.2) is 0 Å². The molecular formula is C3H5N2O3P. The van der Waals surface area contributed by atoms with E-state index in [1.54, 1.807) is 0 Å². The summed E-state index contributed by atoms with van der Waals surface area (Å²) in [6, 6.07) is 0. The average Bonchev–Trinajstić information content (AvgIpc) is 2.08. The number of aromatic nitrogens is 2. The van der Waals surface area contributed by atoms with Gasteiger partial charge in [-0.15, -0.1) is 0 Å². The normalized spacial score (nSPS) is 11.8. The van der Waals surface area contributed by atoms with E-state index < -0.39 is 7.60 Å². The Bertz CT molecular complexity index is 225. The van der Waals surface area contributed by atoms with E-state index in [9.17, 15) is 4.57 Å². The van der Waals surface area contributed by atoms with Crippen molar-refractivity contribution in [3.8, 4) is 0 Å². The van der Waals surface area contributed by atoms with Crippen molar-refractivity contribution >= 4 is 12.9 Å². The summed E-state index contributed by atoms with van der Waals surface area (Å²) in [7, 11) is -4.06. The van der Waals surface area contributed by atoms with Gasteiger partial charge in [0.05, 0.1) is 6.20 Å². The number of rotatable bonds is 1. The summed E-state index contributed by atoms with van der Waals surface area (Å²) in [6.07, 6.45) is 2.27. The largest absolute Gasteiger partial charge is 0.359 e. The minimum absolute atomic E-state index is 0.0810. The van der Waals surface area contributed by atoms with E-state index in [2.05, 4.69) is 10.2 Å². The topological polar surface area (TPSA) is 86.2 Å². The van der Waals surface area contributed by atoms with E-state index in [0.717, 1.165) is 6.20 Å². The number of aromatic amines is 1. The van der Waals surface area contributed by atoms with E-state index in [0.29, 0.717) is 0 Å². The van der Waals surface area contributed by atoms with Crippen LogP contribution in [0.2, 0.25) is 0 Å². The van der Waals surface area contributed by atoms with Crippen molar-refractivity contribution in [1.82, 2.24) is 10.2 Å². The predicted octanol–water partition coefficient (Wildman–Crippen LogP) is -0.787. The van der Waals surface area contributed by atoms with Crippen molar-refractivity contribution in [3.63, 3.8) is 0 Å². The number of nitrogens with zero attached hydrogens (tertiary/aromatic N) is 1. The van der Waals surface area contributed by atoms with Crippen LogP contribution < -0.4 is 5.30 Å². The Morgan fingerprint density at radius 2 is 2.33 bits per heavy atom. The van der Waals surface area contributed by atoms with Gasteiger partial charge in [-0.3, -0.25) is 9.66 Å². The van der Waals surface area contributed by atoms with Crippen LogP contribution in [-0.2, 0) is 4.57 Å². The number of nitrogens with one attached hydrogen (secondary N) is 1. The molecule has 0 fully saturated rings. The van der Waals surface area contributed by atoms with Crippen LogP contribution in [0.15, 0.2) is 12.4 Å². The summed E-state index contributed by atoms with van der Waals surface area (Å²) in [6.45, 7) is 0. The first kappa shape index (κ1) is 6.48. The van der Waals surface area contributed by atoms with Gasteiger partial charge in [0.2, 0.25) is 0 Å². The summed E-state index contributed by atoms with van der Waals surface area (Å²) in [5.41, 5.74) is 0. The van der Waals surface area contributed by atoms with Crippen molar-refractivity contribution in [1.29, 1.82) is 0 Å². The lowest BCUT2D eigenvalue weighted by molar-refractivity contribution is 0.387. The molecule has 0 amide bonds. The Labute approximate surface area is 50.9 Å². The highest BCUT2D eigenvalue weighted by Crippen LogP contribution is 2.31. The maximum absolute atomic E-state index is 10.3. The van der Waals surface area contributed by atoms with E-state index in [1.807, 2.05) is 0 Å². The van der Waals surface area contributed by atoms with Gasteiger partial charge in [0.15, 0.2) is 0 Å². The van der Waals surface area contributed by atoms with Gasteiger partial charge in [-0.2, -0.15) is 5.10 Å². The summed E-state index contributed by atoms with van der Waals surface area (Å²) in [5.74, 6) is 0. The van der Waals surface area contributed by atoms with Gasteiger partial charge in [0.25, 0.3) is 0 Å². The van der Waals surface area contributed by atoms with Gasteiger partial charge in [0.1, 0.15) is 5.30 Å². The molecule has 0 saturated heterocycles. The molecule has 1 aromatic rings. The minimum Gasteiger partial charge on any atom is -0.321 e. The van der Waals surface area contributed by atoms with Crippen LogP contribution in [0.4, 0.5) is 0 Å². The molecule has 50 valence electrons. The standard InChI is InChI=1S/C3H5N2O3P/c6-9(7,8)3-1-4-5-2-3/h1-2H,(H,4,5)(H2,6,7,8). The van der Waals surface area contributed by atoms with Crippen molar-refractivity contribution in [2.24, 2.45) is 0 Å². The van der Waals surface area contributed by atoms with Crippen LogP contribution in [0.3, 0.4) is 0 Å². The molecule has 5 nitrogen and oxygen atoms in total. The fourth-order valence-electron chi connectivity index (χ4n) is 0.403.